The molecule has 6 rings (SSSR count). The molecule has 2 saturated carbocycles. The van der Waals surface area contributed by atoms with Crippen molar-refractivity contribution in [3.8, 4) is 0 Å². The van der Waals surface area contributed by atoms with Gasteiger partial charge >= 0.3 is 12.3 Å². The molecule has 0 spiro atoms. The standard InChI is InChI=1S/C33H46F3N3O5/c1-42-29-20-43-11-9-24(29)13-23-14-27-19-39(31(41)44-12-8-22-5-3-2-4-6-22)21-32(27,16-23)30(40)38-10-7-28-25(18-38)15-26(17-37-28)33(34,35)36/h15,17,22-24,27,29H,2-14,16,18-21H2,1H3/t23-,24-,27+,29+,32+/m1/s1. The van der Waals surface area contributed by atoms with Crippen LogP contribution in [0, 0.1) is 29.1 Å². The van der Waals surface area contributed by atoms with Crippen LogP contribution in [0.1, 0.15) is 81.0 Å². The minimum atomic E-state index is -4.50. The number of hydrogen-bond acceptors (Lipinski definition) is 6. The molecule has 2 aliphatic carbocycles. The first-order chi connectivity index (χ1) is 21.2. The Bertz CT molecular complexity index is 1190. The predicted octanol–water partition coefficient (Wildman–Crippen LogP) is 5.86. The van der Waals surface area contributed by atoms with Crippen LogP contribution >= 0.6 is 0 Å². The third kappa shape index (κ3) is 6.59. The fourth-order valence-electron chi connectivity index (χ4n) is 8.82. The molecular formula is C33H46F3N3O5. The molecule has 44 heavy (non-hydrogen) atoms. The topological polar surface area (TPSA) is 81.2 Å². The van der Waals surface area contributed by atoms with Crippen molar-refractivity contribution in [1.29, 1.82) is 0 Å². The van der Waals surface area contributed by atoms with E-state index in [4.69, 9.17) is 14.2 Å². The monoisotopic (exact) mass is 621 g/mol. The van der Waals surface area contributed by atoms with Gasteiger partial charge in [-0.1, -0.05) is 32.1 Å². The minimum absolute atomic E-state index is 0.0206. The second-order valence-electron chi connectivity index (χ2n) is 13.9. The number of hydrogen-bond donors (Lipinski definition) is 0. The van der Waals surface area contributed by atoms with Crippen LogP contribution in [0.5, 0.6) is 0 Å². The molecule has 2 amide bonds. The van der Waals surface area contributed by atoms with Crippen LogP contribution in [0.4, 0.5) is 18.0 Å². The van der Waals surface area contributed by atoms with Crippen molar-refractivity contribution in [2.75, 3.05) is 46.6 Å². The molecule has 244 valence electrons. The van der Waals surface area contributed by atoms with Crippen LogP contribution in [0.15, 0.2) is 12.3 Å². The molecule has 3 aliphatic heterocycles. The first-order valence-electron chi connectivity index (χ1n) is 16.5. The van der Waals surface area contributed by atoms with E-state index in [2.05, 4.69) is 4.98 Å². The molecule has 1 aromatic heterocycles. The summed E-state index contributed by atoms with van der Waals surface area (Å²) in [6, 6.07) is 1.13. The number of likely N-dealkylation sites (tertiary alicyclic amines) is 1. The molecule has 4 heterocycles. The number of fused-ring (bicyclic) bond motifs is 2. The zero-order valence-corrected chi connectivity index (χ0v) is 25.8. The van der Waals surface area contributed by atoms with Crippen molar-refractivity contribution in [1.82, 2.24) is 14.8 Å². The van der Waals surface area contributed by atoms with Gasteiger partial charge < -0.3 is 24.0 Å². The van der Waals surface area contributed by atoms with Gasteiger partial charge in [0, 0.05) is 58.2 Å². The van der Waals surface area contributed by atoms with Crippen LogP contribution in [0.25, 0.3) is 0 Å². The number of ether oxygens (including phenoxy) is 3. The number of methoxy groups -OCH3 is 1. The minimum Gasteiger partial charge on any atom is -0.449 e. The Morgan fingerprint density at radius 2 is 1.95 bits per heavy atom. The number of halogens is 3. The molecule has 5 atom stereocenters. The normalized spacial score (nSPS) is 31.1. The van der Waals surface area contributed by atoms with E-state index in [0.29, 0.717) is 81.3 Å². The van der Waals surface area contributed by atoms with Gasteiger partial charge in [0.1, 0.15) is 0 Å². The quantitative estimate of drug-likeness (QED) is 0.380. The zero-order chi connectivity index (χ0) is 30.9. The van der Waals surface area contributed by atoms with Crippen molar-refractivity contribution >= 4 is 12.0 Å². The van der Waals surface area contributed by atoms with Gasteiger partial charge in [0.15, 0.2) is 0 Å². The summed E-state index contributed by atoms with van der Waals surface area (Å²) >= 11 is 0. The molecule has 1 aromatic rings. The highest BCUT2D eigenvalue weighted by Gasteiger charge is 2.60. The summed E-state index contributed by atoms with van der Waals surface area (Å²) < 4.78 is 57.4. The van der Waals surface area contributed by atoms with Gasteiger partial charge in [-0.2, -0.15) is 13.2 Å². The van der Waals surface area contributed by atoms with E-state index in [-0.39, 0.29) is 30.6 Å². The lowest BCUT2D eigenvalue weighted by Crippen LogP contribution is -2.49. The van der Waals surface area contributed by atoms with E-state index in [9.17, 15) is 22.8 Å². The van der Waals surface area contributed by atoms with Crippen molar-refractivity contribution in [3.05, 3.63) is 29.1 Å². The van der Waals surface area contributed by atoms with Crippen LogP contribution < -0.4 is 0 Å². The summed E-state index contributed by atoms with van der Waals surface area (Å²) in [7, 11) is 1.71. The molecule has 0 unspecified atom stereocenters. The second-order valence-corrected chi connectivity index (χ2v) is 13.9. The van der Waals surface area contributed by atoms with Crippen LogP contribution in [0.3, 0.4) is 0 Å². The predicted molar refractivity (Wildman–Crippen MR) is 155 cm³/mol. The molecule has 4 fully saturated rings. The summed E-state index contributed by atoms with van der Waals surface area (Å²) in [6.45, 7) is 2.93. The maximum Gasteiger partial charge on any atom is 0.417 e. The van der Waals surface area contributed by atoms with E-state index in [1.54, 1.807) is 16.9 Å². The maximum absolute atomic E-state index is 14.5. The number of aromatic nitrogens is 1. The summed E-state index contributed by atoms with van der Waals surface area (Å²) in [5.74, 6) is 1.18. The number of amides is 2. The van der Waals surface area contributed by atoms with Gasteiger partial charge in [0.25, 0.3) is 0 Å². The van der Waals surface area contributed by atoms with E-state index in [1.807, 2.05) is 0 Å². The van der Waals surface area contributed by atoms with Crippen molar-refractivity contribution < 1.29 is 37.0 Å². The van der Waals surface area contributed by atoms with Crippen LogP contribution in [-0.4, -0.2) is 79.5 Å². The largest absolute Gasteiger partial charge is 0.449 e. The van der Waals surface area contributed by atoms with Crippen molar-refractivity contribution in [3.63, 3.8) is 0 Å². The number of carbonyl (C=O) groups excluding carboxylic acids is 2. The molecule has 0 N–H and O–H groups in total. The second kappa shape index (κ2) is 13.1. The smallest absolute Gasteiger partial charge is 0.417 e. The number of nitrogens with zero attached hydrogens (tertiary/aromatic N) is 3. The van der Waals surface area contributed by atoms with Gasteiger partial charge in [-0.25, -0.2) is 4.79 Å². The van der Waals surface area contributed by atoms with Gasteiger partial charge in [-0.3, -0.25) is 9.78 Å². The molecule has 0 aromatic carbocycles. The van der Waals surface area contributed by atoms with Gasteiger partial charge in [0.05, 0.1) is 30.3 Å². The first kappa shape index (κ1) is 31.6. The highest BCUT2D eigenvalue weighted by atomic mass is 19.4. The lowest BCUT2D eigenvalue weighted by Gasteiger charge is -2.37. The van der Waals surface area contributed by atoms with E-state index >= 15 is 0 Å². The molecule has 5 aliphatic rings. The fraction of sp³-hybridized carbons (Fsp3) is 0.788. The molecule has 0 radical (unpaired) electrons. The lowest BCUT2D eigenvalue weighted by molar-refractivity contribution is -0.144. The summed E-state index contributed by atoms with van der Waals surface area (Å²) in [5.41, 5.74) is -0.508. The summed E-state index contributed by atoms with van der Waals surface area (Å²) in [4.78, 5) is 35.3. The Labute approximate surface area is 258 Å². The number of carbonyl (C=O) groups is 2. The number of rotatable bonds is 7. The first-order valence-corrected chi connectivity index (χ1v) is 16.5. The average Bonchev–Trinajstić information content (AvgIpc) is 3.55. The molecule has 2 saturated heterocycles. The Hall–Kier alpha value is -2.40. The highest BCUT2D eigenvalue weighted by molar-refractivity contribution is 5.85. The number of alkyl halides is 3. The van der Waals surface area contributed by atoms with Gasteiger partial charge in [0.2, 0.25) is 5.91 Å². The summed E-state index contributed by atoms with van der Waals surface area (Å²) in [5, 5.41) is 0. The van der Waals surface area contributed by atoms with E-state index in [0.717, 1.165) is 37.9 Å². The maximum atomic E-state index is 14.5. The van der Waals surface area contributed by atoms with Crippen LogP contribution in [0.2, 0.25) is 0 Å². The molecule has 8 nitrogen and oxygen atoms in total. The Kier molecular flexibility index (Phi) is 9.43. The Morgan fingerprint density at radius 3 is 2.73 bits per heavy atom. The zero-order valence-electron chi connectivity index (χ0n) is 25.8. The van der Waals surface area contributed by atoms with Gasteiger partial charge in [-0.05, 0) is 67.4 Å². The van der Waals surface area contributed by atoms with Crippen molar-refractivity contribution in [2.45, 2.75) is 89.5 Å². The SMILES string of the molecule is CO[C@H]1COCC[C@@H]1C[C@@H]1C[C@H]2CN(C(=O)OCCC3CCCCC3)C[C@@]2(C(=O)N2CCc3ncc(C(F)(F)F)cc3C2)C1. The lowest BCUT2D eigenvalue weighted by atomic mass is 9.78. The third-order valence-corrected chi connectivity index (χ3v) is 11.2. The average molecular weight is 622 g/mol. The fourth-order valence-corrected chi connectivity index (χ4v) is 8.82. The van der Waals surface area contributed by atoms with E-state index < -0.39 is 17.2 Å². The summed E-state index contributed by atoms with van der Waals surface area (Å²) in [6.07, 6.45) is 6.82. The van der Waals surface area contributed by atoms with Crippen LogP contribution in [-0.2, 0) is 38.1 Å². The van der Waals surface area contributed by atoms with Gasteiger partial charge in [-0.15, -0.1) is 0 Å². The third-order valence-electron chi connectivity index (χ3n) is 11.2. The molecule has 11 heteroatoms. The Balaban J connectivity index is 1.17. The van der Waals surface area contributed by atoms with E-state index in [1.165, 1.54) is 32.1 Å². The number of pyridine rings is 1. The Morgan fingerprint density at radius 1 is 1.14 bits per heavy atom. The highest BCUT2D eigenvalue weighted by Crippen LogP contribution is 2.55. The molecular weight excluding hydrogens is 575 g/mol. The van der Waals surface area contributed by atoms with Crippen molar-refractivity contribution in [2.24, 2.45) is 29.1 Å². The molecule has 0 bridgehead atoms.